The Morgan fingerprint density at radius 3 is 1.50 bits per heavy atom. The molecule has 0 saturated carbocycles. The van der Waals surface area contributed by atoms with Crippen LogP contribution >= 0.6 is 0 Å². The van der Waals surface area contributed by atoms with Gasteiger partial charge in [-0.2, -0.15) is 8.78 Å². The van der Waals surface area contributed by atoms with Crippen LogP contribution in [0.15, 0.2) is 24.3 Å². The average Bonchev–Trinajstić information content (AvgIpc) is 3.05. The fraction of sp³-hybridized carbons (Fsp3) is 0.500. The molecule has 0 bridgehead atoms. The van der Waals surface area contributed by atoms with Crippen molar-refractivity contribution in [1.29, 1.82) is 0 Å². The van der Waals surface area contributed by atoms with Crippen molar-refractivity contribution < 1.29 is 69.6 Å². The number of nitrogens with one attached hydrogen (secondary N) is 1. The summed E-state index contributed by atoms with van der Waals surface area (Å²) in [7, 11) is 0. The van der Waals surface area contributed by atoms with E-state index in [0.717, 1.165) is 5.56 Å². The van der Waals surface area contributed by atoms with Crippen LogP contribution in [0.2, 0.25) is 0 Å². The van der Waals surface area contributed by atoms with Crippen molar-refractivity contribution in [3.8, 4) is 5.75 Å². The van der Waals surface area contributed by atoms with Crippen molar-refractivity contribution in [2.24, 2.45) is 0 Å². The molecule has 0 saturated heterocycles. The maximum Gasteiger partial charge on any atom is 0.313 e. The Morgan fingerprint density at radius 2 is 1.02 bits per heavy atom. The summed E-state index contributed by atoms with van der Waals surface area (Å²) in [5.74, 6) is -14.7. The number of hydrogen-bond donors (Lipinski definition) is 1. The van der Waals surface area contributed by atoms with E-state index < -0.39 is 47.2 Å². The SMILES string of the molecule is CC(=O)CC(=O)CCc1ccc(NC(=O)CCOCCOCCOCCOCCOCCC(=O)Oc2c(F)c(F)c(F)c(F)c2F)cc1. The number of ether oxygens (including phenoxy) is 6. The summed E-state index contributed by atoms with van der Waals surface area (Å²) in [4.78, 5) is 46.4. The molecule has 0 aliphatic rings. The van der Waals surface area contributed by atoms with Gasteiger partial charge in [-0.3, -0.25) is 19.2 Å². The molecular formula is C32H38F5NO10. The monoisotopic (exact) mass is 691 g/mol. The second-order valence-electron chi connectivity index (χ2n) is 10.1. The lowest BCUT2D eigenvalue weighted by Crippen LogP contribution is -2.17. The lowest BCUT2D eigenvalue weighted by molar-refractivity contribution is -0.136. The van der Waals surface area contributed by atoms with E-state index in [1.807, 2.05) is 12.1 Å². The molecule has 16 heteroatoms. The topological polar surface area (TPSA) is 136 Å². The Labute approximate surface area is 273 Å². The van der Waals surface area contributed by atoms with Crippen LogP contribution in [0.5, 0.6) is 5.75 Å². The molecule has 2 aromatic carbocycles. The van der Waals surface area contributed by atoms with Crippen LogP contribution in [-0.2, 0) is 49.3 Å². The Kier molecular flexibility index (Phi) is 19.1. The molecule has 0 aromatic heterocycles. The molecule has 0 unspecified atom stereocenters. The van der Waals surface area contributed by atoms with Crippen molar-refractivity contribution in [2.45, 2.75) is 39.0 Å². The number of ketones is 2. The van der Waals surface area contributed by atoms with Crippen LogP contribution in [0.25, 0.3) is 0 Å². The summed E-state index contributed by atoms with van der Waals surface area (Å²) >= 11 is 0. The van der Waals surface area contributed by atoms with Crippen LogP contribution in [0, 0.1) is 29.1 Å². The predicted octanol–water partition coefficient (Wildman–Crippen LogP) is 4.27. The number of anilines is 1. The lowest BCUT2D eigenvalue weighted by Gasteiger charge is -2.09. The normalized spacial score (nSPS) is 11.0. The molecule has 0 aliphatic heterocycles. The third-order valence-electron chi connectivity index (χ3n) is 6.17. The third-order valence-corrected chi connectivity index (χ3v) is 6.17. The first-order chi connectivity index (χ1) is 23.0. The fourth-order valence-corrected chi connectivity index (χ4v) is 3.77. The highest BCUT2D eigenvalue weighted by atomic mass is 19.2. The first kappa shape index (κ1) is 40.3. The number of Topliss-reactive ketones (excluding diaryl/α,β-unsaturated/α-hetero) is 2. The highest BCUT2D eigenvalue weighted by molar-refractivity contribution is 5.98. The maximum atomic E-state index is 13.5. The molecule has 0 fully saturated rings. The minimum Gasteiger partial charge on any atom is -0.420 e. The highest BCUT2D eigenvalue weighted by Crippen LogP contribution is 2.29. The van der Waals surface area contributed by atoms with Crippen molar-refractivity contribution >= 4 is 29.1 Å². The van der Waals surface area contributed by atoms with Crippen LogP contribution in [0.3, 0.4) is 0 Å². The zero-order valence-corrected chi connectivity index (χ0v) is 26.4. The van der Waals surface area contributed by atoms with E-state index in [2.05, 4.69) is 10.1 Å². The molecule has 0 spiro atoms. The first-order valence-corrected chi connectivity index (χ1v) is 15.0. The molecular weight excluding hydrogens is 653 g/mol. The van der Waals surface area contributed by atoms with Gasteiger partial charge in [0.05, 0.1) is 85.3 Å². The number of rotatable bonds is 25. The molecule has 0 heterocycles. The largest absolute Gasteiger partial charge is 0.420 e. The molecule has 266 valence electrons. The number of amides is 1. The minimum absolute atomic E-state index is 0.0510. The zero-order chi connectivity index (χ0) is 35.3. The van der Waals surface area contributed by atoms with Crippen molar-refractivity contribution in [3.63, 3.8) is 0 Å². The average molecular weight is 692 g/mol. The third kappa shape index (κ3) is 15.8. The summed E-state index contributed by atoms with van der Waals surface area (Å²) in [6.45, 7) is 3.29. The Morgan fingerprint density at radius 1 is 0.583 bits per heavy atom. The summed E-state index contributed by atoms with van der Waals surface area (Å²) in [6.07, 6.45) is 0.424. The van der Waals surface area contributed by atoms with Gasteiger partial charge < -0.3 is 33.7 Å². The summed E-state index contributed by atoms with van der Waals surface area (Å²) in [5.41, 5.74) is 1.56. The summed E-state index contributed by atoms with van der Waals surface area (Å²) in [5, 5.41) is 2.77. The van der Waals surface area contributed by atoms with Crippen LogP contribution in [0.4, 0.5) is 27.6 Å². The highest BCUT2D eigenvalue weighted by Gasteiger charge is 2.28. The molecule has 2 rings (SSSR count). The number of halogens is 5. The van der Waals surface area contributed by atoms with Gasteiger partial charge in [-0.15, -0.1) is 0 Å². The van der Waals surface area contributed by atoms with E-state index in [4.69, 9.17) is 23.7 Å². The van der Waals surface area contributed by atoms with Gasteiger partial charge in [0.2, 0.25) is 40.7 Å². The minimum atomic E-state index is -2.36. The number of benzene rings is 2. The summed E-state index contributed by atoms with van der Waals surface area (Å²) in [6, 6.07) is 7.14. The summed E-state index contributed by atoms with van der Waals surface area (Å²) < 4.78 is 97.1. The second kappa shape index (κ2) is 22.7. The van der Waals surface area contributed by atoms with E-state index in [1.54, 1.807) is 12.1 Å². The molecule has 0 atom stereocenters. The molecule has 0 aliphatic carbocycles. The number of carbonyl (C=O) groups excluding carboxylic acids is 4. The molecule has 0 radical (unpaired) electrons. The van der Waals surface area contributed by atoms with E-state index >= 15 is 0 Å². The van der Waals surface area contributed by atoms with Crippen molar-refractivity contribution in [1.82, 2.24) is 0 Å². The Balaban J connectivity index is 1.37. The van der Waals surface area contributed by atoms with Gasteiger partial charge in [0.25, 0.3) is 0 Å². The van der Waals surface area contributed by atoms with Crippen molar-refractivity contribution in [2.75, 3.05) is 71.4 Å². The lowest BCUT2D eigenvalue weighted by atomic mass is 10.0. The van der Waals surface area contributed by atoms with E-state index in [0.29, 0.717) is 45.0 Å². The smallest absolute Gasteiger partial charge is 0.313 e. The van der Waals surface area contributed by atoms with E-state index in [1.165, 1.54) is 6.92 Å². The molecule has 48 heavy (non-hydrogen) atoms. The van der Waals surface area contributed by atoms with Crippen LogP contribution in [0.1, 0.15) is 38.2 Å². The molecule has 1 N–H and O–H groups in total. The maximum absolute atomic E-state index is 13.5. The van der Waals surface area contributed by atoms with Gasteiger partial charge in [-0.05, 0) is 31.0 Å². The number of carbonyl (C=O) groups is 4. The number of aryl methyl sites for hydroxylation is 1. The second-order valence-corrected chi connectivity index (χ2v) is 10.1. The quantitative estimate of drug-likeness (QED) is 0.0306. The predicted molar refractivity (Wildman–Crippen MR) is 159 cm³/mol. The Hall–Kier alpha value is -3.83. The van der Waals surface area contributed by atoms with Gasteiger partial charge in [-0.1, -0.05) is 12.1 Å². The first-order valence-electron chi connectivity index (χ1n) is 15.0. The van der Waals surface area contributed by atoms with Gasteiger partial charge in [0, 0.05) is 12.1 Å². The van der Waals surface area contributed by atoms with Gasteiger partial charge in [0.1, 0.15) is 11.6 Å². The number of hydrogen-bond acceptors (Lipinski definition) is 10. The fourth-order valence-electron chi connectivity index (χ4n) is 3.77. The Bertz CT molecular complexity index is 1310. The van der Waals surface area contributed by atoms with E-state index in [-0.39, 0.29) is 70.0 Å². The zero-order valence-electron chi connectivity index (χ0n) is 26.4. The van der Waals surface area contributed by atoms with Crippen molar-refractivity contribution in [3.05, 3.63) is 58.9 Å². The van der Waals surface area contributed by atoms with Crippen LogP contribution < -0.4 is 10.1 Å². The van der Waals surface area contributed by atoms with Gasteiger partial charge in [-0.25, -0.2) is 13.2 Å². The van der Waals surface area contributed by atoms with Crippen LogP contribution in [-0.4, -0.2) is 89.5 Å². The van der Waals surface area contributed by atoms with Gasteiger partial charge in [0.15, 0.2) is 0 Å². The van der Waals surface area contributed by atoms with E-state index in [9.17, 15) is 41.1 Å². The molecule has 11 nitrogen and oxygen atoms in total. The molecule has 2 aromatic rings. The van der Waals surface area contributed by atoms with Gasteiger partial charge >= 0.3 is 5.97 Å². The standard InChI is InChI=1S/C32H38F5NO10/c1-21(39)20-24(40)7-4-22-2-5-23(6-3-22)38-25(41)8-10-43-12-14-45-16-18-47-19-17-46-15-13-44-11-9-26(42)48-32-30(36)28(34)27(33)29(35)31(32)37/h2-3,5-6H,4,7-20H2,1H3,(H,38,41). The molecule has 1 amide bonds. The number of esters is 1.